The van der Waals surface area contributed by atoms with Gasteiger partial charge in [-0.2, -0.15) is 0 Å². The molecule has 9 heteroatoms. The van der Waals surface area contributed by atoms with Gasteiger partial charge in [0.15, 0.2) is 0 Å². The van der Waals surface area contributed by atoms with Gasteiger partial charge in [0.2, 0.25) is 0 Å². The van der Waals surface area contributed by atoms with Crippen molar-refractivity contribution in [2.45, 2.75) is 33.2 Å². The number of rotatable bonds is 8. The summed E-state index contributed by atoms with van der Waals surface area (Å²) in [7, 11) is 0. The van der Waals surface area contributed by atoms with Crippen molar-refractivity contribution in [2.75, 3.05) is 13.2 Å². The fourth-order valence-electron chi connectivity index (χ4n) is 3.99. The van der Waals surface area contributed by atoms with Crippen molar-refractivity contribution in [3.05, 3.63) is 75.2 Å². The Bertz CT molecular complexity index is 1240. The summed E-state index contributed by atoms with van der Waals surface area (Å²) in [5.74, 6) is -1.41. The van der Waals surface area contributed by atoms with Crippen LogP contribution in [0.5, 0.6) is 0 Å². The molecule has 8 nitrogen and oxygen atoms in total. The number of thiazole rings is 1. The van der Waals surface area contributed by atoms with Gasteiger partial charge in [0, 0.05) is 12.5 Å². The Morgan fingerprint density at radius 1 is 1.03 bits per heavy atom. The lowest BCUT2D eigenvalue weighted by Crippen LogP contribution is -2.38. The Morgan fingerprint density at radius 2 is 1.63 bits per heavy atom. The minimum Gasteiger partial charge on any atom is -0.481 e. The van der Waals surface area contributed by atoms with Crippen LogP contribution in [0.15, 0.2) is 48.5 Å². The van der Waals surface area contributed by atoms with E-state index in [0.29, 0.717) is 15.6 Å². The van der Waals surface area contributed by atoms with Crippen LogP contribution in [-0.4, -0.2) is 41.2 Å². The number of ether oxygens (including phenoxy) is 1. The van der Waals surface area contributed by atoms with Crippen molar-refractivity contribution in [2.24, 2.45) is 5.41 Å². The van der Waals surface area contributed by atoms with Gasteiger partial charge in [-0.05, 0) is 43.0 Å². The lowest BCUT2D eigenvalue weighted by Gasteiger charge is -2.19. The molecule has 1 aromatic heterocycles. The van der Waals surface area contributed by atoms with Gasteiger partial charge < -0.3 is 20.5 Å². The van der Waals surface area contributed by atoms with E-state index in [9.17, 15) is 19.5 Å². The number of benzene rings is 2. The molecule has 35 heavy (non-hydrogen) atoms. The number of aliphatic carboxylic acids is 1. The quantitative estimate of drug-likeness (QED) is 0.430. The molecule has 0 bridgehead atoms. The first-order valence-electron chi connectivity index (χ1n) is 11.2. The van der Waals surface area contributed by atoms with Crippen LogP contribution in [0.1, 0.15) is 51.3 Å². The number of aryl methyl sites for hydroxylation is 1. The predicted molar refractivity (Wildman–Crippen MR) is 133 cm³/mol. The van der Waals surface area contributed by atoms with E-state index in [2.05, 4.69) is 39.9 Å². The number of fused-ring (bicyclic) bond motifs is 3. The van der Waals surface area contributed by atoms with E-state index >= 15 is 0 Å². The monoisotopic (exact) mass is 493 g/mol. The maximum atomic E-state index is 12.5. The average Bonchev–Trinajstić information content (AvgIpc) is 3.37. The van der Waals surface area contributed by atoms with Crippen LogP contribution in [0.2, 0.25) is 0 Å². The highest BCUT2D eigenvalue weighted by atomic mass is 32.1. The van der Waals surface area contributed by atoms with Gasteiger partial charge >= 0.3 is 12.1 Å². The summed E-state index contributed by atoms with van der Waals surface area (Å²) in [6, 6.07) is 16.3. The van der Waals surface area contributed by atoms with Gasteiger partial charge in [0.05, 0.1) is 17.7 Å². The topological polar surface area (TPSA) is 118 Å². The highest BCUT2D eigenvalue weighted by Crippen LogP contribution is 2.44. The van der Waals surface area contributed by atoms with Crippen LogP contribution in [-0.2, 0) is 16.1 Å². The van der Waals surface area contributed by atoms with Crippen molar-refractivity contribution in [1.82, 2.24) is 15.6 Å². The van der Waals surface area contributed by atoms with Gasteiger partial charge in [-0.1, -0.05) is 48.5 Å². The van der Waals surface area contributed by atoms with Crippen LogP contribution >= 0.6 is 11.3 Å². The summed E-state index contributed by atoms with van der Waals surface area (Å²) >= 11 is 1.15. The Hall–Kier alpha value is -3.72. The average molecular weight is 494 g/mol. The van der Waals surface area contributed by atoms with E-state index < -0.39 is 17.5 Å². The number of nitrogens with zero attached hydrogens (tertiary/aromatic N) is 1. The molecule has 3 N–H and O–H groups in total. The molecule has 1 aliphatic carbocycles. The number of amides is 2. The first-order valence-corrected chi connectivity index (χ1v) is 12.1. The first-order chi connectivity index (χ1) is 16.7. The number of nitrogens with one attached hydrogen (secondary N) is 2. The Kier molecular flexibility index (Phi) is 6.88. The second-order valence-corrected chi connectivity index (χ2v) is 10.2. The summed E-state index contributed by atoms with van der Waals surface area (Å²) in [6.45, 7) is 5.11. The third-order valence-corrected chi connectivity index (χ3v) is 7.20. The van der Waals surface area contributed by atoms with E-state index in [4.69, 9.17) is 4.74 Å². The van der Waals surface area contributed by atoms with Gasteiger partial charge in [0.1, 0.15) is 16.5 Å². The van der Waals surface area contributed by atoms with Crippen LogP contribution in [0, 0.1) is 12.3 Å². The van der Waals surface area contributed by atoms with Crippen molar-refractivity contribution >= 4 is 29.3 Å². The third kappa shape index (κ3) is 5.19. The van der Waals surface area contributed by atoms with Gasteiger partial charge in [-0.25, -0.2) is 9.78 Å². The summed E-state index contributed by atoms with van der Waals surface area (Å²) in [6.07, 6.45) is -0.561. The van der Waals surface area contributed by atoms with Crippen LogP contribution in [0.25, 0.3) is 11.1 Å². The van der Waals surface area contributed by atoms with Crippen molar-refractivity contribution in [1.29, 1.82) is 0 Å². The molecule has 2 aromatic carbocycles. The molecule has 0 radical (unpaired) electrons. The Balaban J connectivity index is 1.32. The fourth-order valence-corrected chi connectivity index (χ4v) is 4.91. The van der Waals surface area contributed by atoms with Crippen molar-refractivity contribution < 1.29 is 24.2 Å². The minimum atomic E-state index is -1.08. The fraction of sp³-hybridized carbons (Fsp3) is 0.308. The number of carbonyl (C=O) groups excluding carboxylic acids is 2. The molecular formula is C26H27N3O5S. The Labute approximate surface area is 207 Å². The van der Waals surface area contributed by atoms with E-state index in [0.717, 1.165) is 33.6 Å². The minimum absolute atomic E-state index is 0.00810. The van der Waals surface area contributed by atoms with Crippen molar-refractivity contribution in [3.8, 4) is 11.1 Å². The van der Waals surface area contributed by atoms with E-state index in [-0.39, 0.29) is 31.5 Å². The molecular weight excluding hydrogens is 466 g/mol. The Morgan fingerprint density at radius 3 is 2.23 bits per heavy atom. The number of hydrogen-bond acceptors (Lipinski definition) is 6. The molecule has 0 aliphatic heterocycles. The standard InChI is InChI=1S/C26H27N3O5S/c1-15-22(23(30)28-14-26(2,3)24(31)32)35-21(29-15)12-27-25(33)34-13-20-18-10-6-4-8-16(18)17-9-5-7-11-19(17)20/h4-11,20H,12-14H2,1-3H3,(H,27,33)(H,28,30)(H,31,32). The van der Waals surface area contributed by atoms with E-state index in [1.165, 1.54) is 0 Å². The molecule has 1 aliphatic rings. The zero-order valence-electron chi connectivity index (χ0n) is 19.8. The van der Waals surface area contributed by atoms with E-state index in [1.54, 1.807) is 20.8 Å². The largest absolute Gasteiger partial charge is 0.481 e. The molecule has 0 fully saturated rings. The smallest absolute Gasteiger partial charge is 0.407 e. The zero-order chi connectivity index (χ0) is 25.2. The molecule has 0 atom stereocenters. The number of aromatic nitrogens is 1. The van der Waals surface area contributed by atoms with Gasteiger partial charge in [-0.3, -0.25) is 9.59 Å². The molecule has 4 rings (SSSR count). The second-order valence-electron chi connectivity index (χ2n) is 9.07. The summed E-state index contributed by atoms with van der Waals surface area (Å²) in [5, 5.41) is 15.1. The number of alkyl carbamates (subject to hydrolysis) is 1. The summed E-state index contributed by atoms with van der Waals surface area (Å²) < 4.78 is 5.54. The first kappa shape index (κ1) is 24.4. The van der Waals surface area contributed by atoms with Crippen molar-refractivity contribution in [3.63, 3.8) is 0 Å². The molecule has 182 valence electrons. The molecule has 1 heterocycles. The normalized spacial score (nSPS) is 12.5. The summed E-state index contributed by atoms with van der Waals surface area (Å²) in [5.41, 5.74) is 4.03. The molecule has 0 saturated heterocycles. The summed E-state index contributed by atoms with van der Waals surface area (Å²) in [4.78, 5) is 40.9. The third-order valence-electron chi connectivity index (χ3n) is 6.04. The maximum Gasteiger partial charge on any atom is 0.407 e. The number of hydrogen-bond donors (Lipinski definition) is 3. The van der Waals surface area contributed by atoms with E-state index in [1.807, 2.05) is 24.3 Å². The second kappa shape index (κ2) is 9.87. The van der Waals surface area contributed by atoms with Gasteiger partial charge in [0.25, 0.3) is 5.91 Å². The maximum absolute atomic E-state index is 12.5. The van der Waals surface area contributed by atoms with Gasteiger partial charge in [-0.15, -0.1) is 11.3 Å². The molecule has 0 unspecified atom stereocenters. The highest BCUT2D eigenvalue weighted by molar-refractivity contribution is 7.13. The van der Waals surface area contributed by atoms with Crippen LogP contribution in [0.4, 0.5) is 4.79 Å². The molecule has 0 spiro atoms. The molecule has 0 saturated carbocycles. The highest BCUT2D eigenvalue weighted by Gasteiger charge is 2.30. The van der Waals surface area contributed by atoms with Crippen LogP contribution in [0.3, 0.4) is 0 Å². The predicted octanol–water partition coefficient (Wildman–Crippen LogP) is 4.33. The van der Waals surface area contributed by atoms with Crippen LogP contribution < -0.4 is 10.6 Å². The lowest BCUT2D eigenvalue weighted by molar-refractivity contribution is -0.146. The molecule has 2 amide bonds. The molecule has 3 aromatic rings. The zero-order valence-corrected chi connectivity index (χ0v) is 20.6. The SMILES string of the molecule is Cc1nc(CNC(=O)OCC2c3ccccc3-c3ccccc32)sc1C(=O)NCC(C)(C)C(=O)O. The lowest BCUT2D eigenvalue weighted by atomic mass is 9.94. The number of carboxylic acid groups (broad SMARTS) is 1. The number of carbonyl (C=O) groups is 3. The number of carboxylic acids is 1.